The highest BCUT2D eigenvalue weighted by Gasteiger charge is 2.61. The first-order chi connectivity index (χ1) is 26.2. The SMILES string of the molecule is c1ccc(-c2nc(-c3ccc(-c4ccc5c(c4)sc4ccccc45)cc3)nc(-c3ccc4c(c3)-c3ccccc3C43C4CC5CC(C4)CC3C5)n2)cc1. The van der Waals surface area contributed by atoms with E-state index in [1.54, 1.807) is 11.1 Å². The van der Waals surface area contributed by atoms with E-state index in [2.05, 4.69) is 133 Å². The number of thiophene rings is 1. The topological polar surface area (TPSA) is 38.7 Å². The third-order valence-corrected chi connectivity index (χ3v) is 14.5. The molecule has 0 amide bonds. The van der Waals surface area contributed by atoms with Crippen LogP contribution < -0.4 is 0 Å². The molecule has 0 atom stereocenters. The molecule has 0 unspecified atom stereocenters. The smallest absolute Gasteiger partial charge is 0.164 e. The summed E-state index contributed by atoms with van der Waals surface area (Å²) in [6, 6.07) is 51.0. The molecule has 1 spiro atoms. The van der Waals surface area contributed by atoms with E-state index >= 15 is 0 Å². The molecule has 2 aromatic heterocycles. The Labute approximate surface area is 313 Å². The van der Waals surface area contributed by atoms with Gasteiger partial charge in [0.25, 0.3) is 0 Å². The Morgan fingerprint density at radius 2 is 0.981 bits per heavy atom. The molecular weight excluding hydrogens is 663 g/mol. The fourth-order valence-corrected chi connectivity index (χ4v) is 12.5. The number of hydrogen-bond donors (Lipinski definition) is 0. The quantitative estimate of drug-likeness (QED) is 0.184. The Bertz CT molecular complexity index is 2720. The number of hydrogen-bond acceptors (Lipinski definition) is 4. The summed E-state index contributed by atoms with van der Waals surface area (Å²) in [5.74, 6) is 5.46. The van der Waals surface area contributed by atoms with Crippen LogP contribution >= 0.6 is 11.3 Å². The maximum absolute atomic E-state index is 5.20. The Kier molecular flexibility index (Phi) is 6.39. The summed E-state index contributed by atoms with van der Waals surface area (Å²) < 4.78 is 2.64. The van der Waals surface area contributed by atoms with Gasteiger partial charge in [-0.05, 0) is 107 Å². The minimum absolute atomic E-state index is 0.153. The molecule has 6 aromatic carbocycles. The highest BCUT2D eigenvalue weighted by molar-refractivity contribution is 7.25. The largest absolute Gasteiger partial charge is 0.208 e. The lowest BCUT2D eigenvalue weighted by atomic mass is 9.43. The maximum atomic E-state index is 5.20. The fraction of sp³-hybridized carbons (Fsp3) is 0.204. The van der Waals surface area contributed by atoms with E-state index in [9.17, 15) is 0 Å². The highest BCUT2D eigenvalue weighted by atomic mass is 32.1. The Morgan fingerprint density at radius 1 is 0.415 bits per heavy atom. The summed E-state index contributed by atoms with van der Waals surface area (Å²) >= 11 is 1.86. The lowest BCUT2D eigenvalue weighted by Crippen LogP contribution is -2.55. The van der Waals surface area contributed by atoms with Gasteiger partial charge in [-0.15, -0.1) is 11.3 Å². The molecule has 0 radical (unpaired) electrons. The molecule has 0 N–H and O–H groups in total. The summed E-state index contributed by atoms with van der Waals surface area (Å²) in [6.45, 7) is 0. The number of nitrogens with zero attached hydrogens (tertiary/aromatic N) is 3. The van der Waals surface area contributed by atoms with Crippen LogP contribution in [0.3, 0.4) is 0 Å². The van der Waals surface area contributed by atoms with Gasteiger partial charge in [0.2, 0.25) is 0 Å². The van der Waals surface area contributed by atoms with Crippen LogP contribution in [0.4, 0.5) is 0 Å². The van der Waals surface area contributed by atoms with Gasteiger partial charge in [-0.2, -0.15) is 0 Å². The van der Waals surface area contributed by atoms with Crippen LogP contribution in [-0.2, 0) is 5.41 Å². The minimum Gasteiger partial charge on any atom is -0.208 e. The lowest BCUT2D eigenvalue weighted by Gasteiger charge is -2.61. The lowest BCUT2D eigenvalue weighted by molar-refractivity contribution is -0.0399. The van der Waals surface area contributed by atoms with Crippen LogP contribution in [0.5, 0.6) is 0 Å². The molecule has 5 aliphatic carbocycles. The molecule has 53 heavy (non-hydrogen) atoms. The van der Waals surface area contributed by atoms with Gasteiger partial charge in [-0.3, -0.25) is 0 Å². The second-order valence-corrected chi connectivity index (χ2v) is 17.1. The third-order valence-electron chi connectivity index (χ3n) is 13.3. The zero-order valence-corrected chi connectivity index (χ0v) is 30.2. The second kappa shape index (κ2) is 11.3. The number of rotatable bonds is 4. The van der Waals surface area contributed by atoms with Gasteiger partial charge in [-0.1, -0.05) is 121 Å². The predicted molar refractivity (Wildman–Crippen MR) is 218 cm³/mol. The first-order valence-corrected chi connectivity index (χ1v) is 20.1. The van der Waals surface area contributed by atoms with E-state index in [-0.39, 0.29) is 5.41 Å². The van der Waals surface area contributed by atoms with Crippen molar-refractivity contribution in [2.24, 2.45) is 23.7 Å². The van der Waals surface area contributed by atoms with Crippen LogP contribution in [0.15, 0.2) is 140 Å². The first kappa shape index (κ1) is 30.1. The molecule has 254 valence electrons. The van der Waals surface area contributed by atoms with E-state index in [1.165, 1.54) is 74.5 Å². The maximum Gasteiger partial charge on any atom is 0.164 e. The highest BCUT2D eigenvalue weighted by Crippen LogP contribution is 2.69. The molecule has 4 bridgehead atoms. The summed E-state index contributed by atoms with van der Waals surface area (Å²) in [7, 11) is 0. The van der Waals surface area contributed by atoms with Gasteiger partial charge in [-0.25, -0.2) is 15.0 Å². The van der Waals surface area contributed by atoms with Crippen LogP contribution in [-0.4, -0.2) is 15.0 Å². The van der Waals surface area contributed by atoms with Gasteiger partial charge >= 0.3 is 0 Å². The van der Waals surface area contributed by atoms with Gasteiger partial charge in [0.1, 0.15) is 0 Å². The van der Waals surface area contributed by atoms with Crippen LogP contribution in [0.25, 0.3) is 76.6 Å². The fourth-order valence-electron chi connectivity index (χ4n) is 11.4. The van der Waals surface area contributed by atoms with Crippen molar-refractivity contribution in [1.29, 1.82) is 0 Å². The molecule has 13 rings (SSSR count). The molecule has 2 heterocycles. The van der Waals surface area contributed by atoms with Gasteiger partial charge in [0, 0.05) is 42.3 Å². The molecule has 0 aliphatic heterocycles. The number of fused-ring (bicyclic) bond motifs is 6. The van der Waals surface area contributed by atoms with Gasteiger partial charge in [0.05, 0.1) is 0 Å². The first-order valence-electron chi connectivity index (χ1n) is 19.3. The van der Waals surface area contributed by atoms with Crippen molar-refractivity contribution in [1.82, 2.24) is 15.0 Å². The average Bonchev–Trinajstić information content (AvgIpc) is 3.73. The normalized spacial score (nSPS) is 23.5. The molecule has 3 nitrogen and oxygen atoms in total. The van der Waals surface area contributed by atoms with E-state index in [0.29, 0.717) is 11.6 Å². The summed E-state index contributed by atoms with van der Waals surface area (Å²) in [6.07, 6.45) is 7.01. The molecule has 4 heteroatoms. The zero-order chi connectivity index (χ0) is 34.7. The standard InChI is InChI=1S/C49H37N3S/c1-2-8-32(9-3-1)46-50-47(33-16-14-31(15-17-33)34-18-20-40-39-11-5-7-13-44(39)53-45(40)28-34)52-48(51-46)35-19-21-43-41(27-35)38-10-4-6-12-42(38)49(43)36-23-29-22-30(25-36)26-37(49)24-29/h1-21,27-30,36-37H,22-26H2. The van der Waals surface area contributed by atoms with Crippen LogP contribution in [0.1, 0.15) is 43.2 Å². The van der Waals surface area contributed by atoms with Crippen LogP contribution in [0, 0.1) is 23.7 Å². The van der Waals surface area contributed by atoms with Crippen molar-refractivity contribution < 1.29 is 0 Å². The van der Waals surface area contributed by atoms with E-state index in [1.807, 2.05) is 17.4 Å². The molecule has 0 saturated heterocycles. The molecular formula is C49H37N3S. The number of benzene rings is 6. The van der Waals surface area contributed by atoms with E-state index in [4.69, 9.17) is 15.0 Å². The molecule has 4 saturated carbocycles. The molecule has 8 aromatic rings. The van der Waals surface area contributed by atoms with Gasteiger partial charge < -0.3 is 0 Å². The van der Waals surface area contributed by atoms with Crippen molar-refractivity contribution in [2.45, 2.75) is 37.5 Å². The Morgan fingerprint density at radius 3 is 1.75 bits per heavy atom. The predicted octanol–water partition coefficient (Wildman–Crippen LogP) is 12.6. The monoisotopic (exact) mass is 699 g/mol. The van der Waals surface area contributed by atoms with E-state index in [0.717, 1.165) is 46.2 Å². The Balaban J connectivity index is 0.959. The molecule has 4 fully saturated rings. The second-order valence-electron chi connectivity index (χ2n) is 16.0. The summed E-state index contributed by atoms with van der Waals surface area (Å²) in [5, 5.41) is 2.65. The minimum atomic E-state index is 0.153. The van der Waals surface area contributed by atoms with Crippen molar-refractivity contribution in [3.05, 3.63) is 151 Å². The zero-order valence-electron chi connectivity index (χ0n) is 29.4. The summed E-state index contributed by atoms with van der Waals surface area (Å²) in [5.41, 5.74) is 11.5. The number of aromatic nitrogens is 3. The van der Waals surface area contributed by atoms with Crippen molar-refractivity contribution in [2.75, 3.05) is 0 Å². The summed E-state index contributed by atoms with van der Waals surface area (Å²) in [4.78, 5) is 15.4. The van der Waals surface area contributed by atoms with Crippen LogP contribution in [0.2, 0.25) is 0 Å². The third kappa shape index (κ3) is 4.42. The average molecular weight is 700 g/mol. The van der Waals surface area contributed by atoms with Crippen molar-refractivity contribution >= 4 is 31.5 Å². The van der Waals surface area contributed by atoms with Gasteiger partial charge in [0.15, 0.2) is 17.5 Å². The van der Waals surface area contributed by atoms with Crippen molar-refractivity contribution in [3.63, 3.8) is 0 Å². The Hall–Kier alpha value is -5.45. The molecule has 5 aliphatic rings. The van der Waals surface area contributed by atoms with Crippen molar-refractivity contribution in [3.8, 4) is 56.4 Å². The van der Waals surface area contributed by atoms with E-state index < -0.39 is 0 Å².